The zero-order chi connectivity index (χ0) is 27.4. The Balaban J connectivity index is 1.54. The summed E-state index contributed by atoms with van der Waals surface area (Å²) in [6.07, 6.45) is 0.924. The van der Waals surface area contributed by atoms with E-state index in [0.29, 0.717) is 91.1 Å². The maximum atomic E-state index is 12.7. The van der Waals surface area contributed by atoms with Crippen LogP contribution in [0.1, 0.15) is 33.6 Å². The molecule has 0 aliphatic carbocycles. The molecule has 212 valence electrons. The van der Waals surface area contributed by atoms with Crippen LogP contribution in [0.4, 0.5) is 5.69 Å². The molecule has 1 aromatic rings. The van der Waals surface area contributed by atoms with Gasteiger partial charge < -0.3 is 40.1 Å². The number of carbonyl (C=O) groups excluding carboxylic acids is 4. The number of carbonyl (C=O) groups is 4. The van der Waals surface area contributed by atoms with Crippen molar-refractivity contribution in [1.29, 1.82) is 0 Å². The zero-order valence-corrected chi connectivity index (χ0v) is 21.5. The summed E-state index contributed by atoms with van der Waals surface area (Å²) in [5.74, 6) is -1.50. The van der Waals surface area contributed by atoms with Gasteiger partial charge in [-0.05, 0) is 24.6 Å². The normalized spacial score (nSPS) is 15.2. The number of nitrogens with two attached hydrogens (primary N) is 1. The largest absolute Gasteiger partial charge is 0.383 e. The number of hydrogen-bond acceptors (Lipinski definition) is 11. The number of anilines is 1. The van der Waals surface area contributed by atoms with Crippen LogP contribution in [0, 0.1) is 0 Å². The molecule has 1 fully saturated rings. The van der Waals surface area contributed by atoms with E-state index >= 15 is 0 Å². The maximum Gasteiger partial charge on any atom is 0.252 e. The molecule has 0 bridgehead atoms. The number of piperidine rings is 1. The van der Waals surface area contributed by atoms with Crippen LogP contribution in [-0.2, 0) is 33.3 Å². The number of benzene rings is 1. The molecule has 5 N–H and O–H groups in total. The second-order valence-electron chi connectivity index (χ2n) is 8.17. The van der Waals surface area contributed by atoms with Gasteiger partial charge in [0.15, 0.2) is 6.29 Å². The van der Waals surface area contributed by atoms with E-state index in [0.717, 1.165) is 0 Å². The highest BCUT2D eigenvalue weighted by Crippen LogP contribution is 2.16. The minimum Gasteiger partial charge on any atom is -0.383 e. The highest BCUT2D eigenvalue weighted by atomic mass is 16.6. The lowest BCUT2D eigenvalue weighted by atomic mass is 10.0. The second kappa shape index (κ2) is 19.2. The molecule has 1 unspecified atom stereocenters. The van der Waals surface area contributed by atoms with Crippen LogP contribution in [0.15, 0.2) is 18.2 Å². The molecule has 2 rings (SSSR count). The van der Waals surface area contributed by atoms with Gasteiger partial charge in [0.25, 0.3) is 5.91 Å². The van der Waals surface area contributed by atoms with Crippen molar-refractivity contribution in [1.82, 2.24) is 10.6 Å². The molecule has 1 atom stereocenters. The fourth-order valence-corrected chi connectivity index (χ4v) is 3.37. The summed E-state index contributed by atoms with van der Waals surface area (Å²) >= 11 is 0. The highest BCUT2D eigenvalue weighted by molar-refractivity contribution is 6.06. The molecule has 13 heteroatoms. The third kappa shape index (κ3) is 12.5. The van der Waals surface area contributed by atoms with E-state index < -0.39 is 17.9 Å². The molecule has 1 aliphatic rings. The summed E-state index contributed by atoms with van der Waals surface area (Å²) in [4.78, 5) is 47.3. The van der Waals surface area contributed by atoms with Gasteiger partial charge in [-0.15, -0.1) is 0 Å². The molecule has 38 heavy (non-hydrogen) atoms. The molecule has 3 amide bonds. The topological polar surface area (TPSA) is 177 Å². The SMILES string of the molecule is NCCOCCOCCOCCOCCOCCNc1ccc(C=O)c(C(=O)NC2CCC(=O)NC2=O)c1. The summed E-state index contributed by atoms with van der Waals surface area (Å²) in [7, 11) is 0. The number of rotatable bonds is 21. The van der Waals surface area contributed by atoms with Crippen molar-refractivity contribution in [3.63, 3.8) is 0 Å². The van der Waals surface area contributed by atoms with E-state index in [1.54, 1.807) is 6.07 Å². The fourth-order valence-electron chi connectivity index (χ4n) is 3.37. The average molecular weight is 539 g/mol. The Morgan fingerprint density at radius 3 is 2.05 bits per heavy atom. The molecule has 0 saturated carbocycles. The lowest BCUT2D eigenvalue weighted by Crippen LogP contribution is -2.52. The molecule has 13 nitrogen and oxygen atoms in total. The van der Waals surface area contributed by atoms with Gasteiger partial charge in [-0.25, -0.2) is 0 Å². The standard InChI is InChI=1S/C25H38N4O9/c26-5-7-34-9-11-36-13-15-38-16-14-37-12-10-35-8-6-27-20-2-1-19(18-30)21(17-20)24(32)28-22-3-4-23(31)29-25(22)33/h1-2,17-18,22,27H,3-16,26H2,(H,28,32)(H,29,31,33). The fraction of sp³-hybridized carbons (Fsp3) is 0.600. The summed E-state index contributed by atoms with van der Waals surface area (Å²) in [5.41, 5.74) is 6.26. The third-order valence-corrected chi connectivity index (χ3v) is 5.30. The summed E-state index contributed by atoms with van der Waals surface area (Å²) < 4.78 is 26.9. The molecule has 0 radical (unpaired) electrons. The van der Waals surface area contributed by atoms with Gasteiger partial charge in [-0.3, -0.25) is 24.5 Å². The Labute approximate surface area is 222 Å². The smallest absolute Gasteiger partial charge is 0.252 e. The van der Waals surface area contributed by atoms with Crippen LogP contribution < -0.4 is 21.7 Å². The van der Waals surface area contributed by atoms with E-state index in [-0.39, 0.29) is 29.9 Å². The lowest BCUT2D eigenvalue weighted by molar-refractivity contribution is -0.134. The summed E-state index contributed by atoms with van der Waals surface area (Å²) in [6, 6.07) is 3.91. The van der Waals surface area contributed by atoms with Gasteiger partial charge in [-0.2, -0.15) is 0 Å². The number of hydrogen-bond donors (Lipinski definition) is 4. The zero-order valence-electron chi connectivity index (χ0n) is 21.5. The van der Waals surface area contributed by atoms with Crippen molar-refractivity contribution >= 4 is 29.7 Å². The van der Waals surface area contributed by atoms with E-state index in [1.165, 1.54) is 12.1 Å². The second-order valence-corrected chi connectivity index (χ2v) is 8.17. The van der Waals surface area contributed by atoms with Crippen LogP contribution >= 0.6 is 0 Å². The molecule has 1 saturated heterocycles. The molecule has 0 aromatic heterocycles. The molecule has 1 heterocycles. The Bertz CT molecular complexity index is 884. The highest BCUT2D eigenvalue weighted by Gasteiger charge is 2.28. The Hall–Kier alpha value is -2.94. The van der Waals surface area contributed by atoms with Gasteiger partial charge in [-0.1, -0.05) is 0 Å². The van der Waals surface area contributed by atoms with Crippen LogP contribution in [0.5, 0.6) is 0 Å². The molecule has 0 spiro atoms. The van der Waals surface area contributed by atoms with E-state index in [1.807, 2.05) is 0 Å². The summed E-state index contributed by atoms with van der Waals surface area (Å²) in [6.45, 7) is 5.67. The monoisotopic (exact) mass is 538 g/mol. The summed E-state index contributed by atoms with van der Waals surface area (Å²) in [5, 5.41) is 7.90. The van der Waals surface area contributed by atoms with Crippen LogP contribution in [-0.4, -0.2) is 109 Å². The molecular weight excluding hydrogens is 500 g/mol. The molecule has 1 aliphatic heterocycles. The first-order chi connectivity index (χ1) is 18.5. The Morgan fingerprint density at radius 2 is 1.50 bits per heavy atom. The third-order valence-electron chi connectivity index (χ3n) is 5.30. The first-order valence-corrected chi connectivity index (χ1v) is 12.6. The number of ether oxygens (including phenoxy) is 5. The van der Waals surface area contributed by atoms with Gasteiger partial charge in [0.05, 0.1) is 71.6 Å². The van der Waals surface area contributed by atoms with Crippen molar-refractivity contribution in [2.75, 3.05) is 84.5 Å². The number of amides is 3. The van der Waals surface area contributed by atoms with E-state index in [2.05, 4.69) is 16.0 Å². The van der Waals surface area contributed by atoms with Crippen LogP contribution in [0.3, 0.4) is 0 Å². The Kier molecular flexibility index (Phi) is 15.8. The minimum atomic E-state index is -0.829. The maximum absolute atomic E-state index is 12.7. The van der Waals surface area contributed by atoms with Gasteiger partial charge in [0, 0.05) is 30.8 Å². The first kappa shape index (κ1) is 31.3. The van der Waals surface area contributed by atoms with E-state index in [4.69, 9.17) is 29.4 Å². The van der Waals surface area contributed by atoms with Gasteiger partial charge in [0.1, 0.15) is 6.04 Å². The van der Waals surface area contributed by atoms with Crippen molar-refractivity contribution in [3.8, 4) is 0 Å². The van der Waals surface area contributed by atoms with E-state index in [9.17, 15) is 19.2 Å². The lowest BCUT2D eigenvalue weighted by Gasteiger charge is -2.22. The quantitative estimate of drug-likeness (QED) is 0.0900. The van der Waals surface area contributed by atoms with Crippen molar-refractivity contribution in [2.24, 2.45) is 5.73 Å². The van der Waals surface area contributed by atoms with Crippen molar-refractivity contribution in [3.05, 3.63) is 29.3 Å². The van der Waals surface area contributed by atoms with Crippen LogP contribution in [0.25, 0.3) is 0 Å². The number of nitrogens with one attached hydrogen (secondary N) is 3. The molecular formula is C25H38N4O9. The predicted molar refractivity (Wildman–Crippen MR) is 137 cm³/mol. The minimum absolute atomic E-state index is 0.134. The number of imide groups is 1. The van der Waals surface area contributed by atoms with Crippen molar-refractivity contribution in [2.45, 2.75) is 18.9 Å². The van der Waals surface area contributed by atoms with Crippen LogP contribution in [0.2, 0.25) is 0 Å². The number of aldehydes is 1. The molecule has 1 aromatic carbocycles. The average Bonchev–Trinajstić information content (AvgIpc) is 2.91. The first-order valence-electron chi connectivity index (χ1n) is 12.6. The van der Waals surface area contributed by atoms with Crippen molar-refractivity contribution < 1.29 is 42.9 Å². The van der Waals surface area contributed by atoms with Gasteiger partial charge in [0.2, 0.25) is 11.8 Å². The predicted octanol–water partition coefficient (Wildman–Crippen LogP) is -0.512. The van der Waals surface area contributed by atoms with Gasteiger partial charge >= 0.3 is 0 Å². The Morgan fingerprint density at radius 1 is 0.921 bits per heavy atom.